The van der Waals surface area contributed by atoms with E-state index in [1.165, 1.54) is 4.90 Å². The molecule has 5 aromatic rings. The topological polar surface area (TPSA) is 125 Å². The Labute approximate surface area is 194 Å². The molecule has 3 aromatic heterocycles. The van der Waals surface area contributed by atoms with E-state index in [-0.39, 0.29) is 11.6 Å². The van der Waals surface area contributed by atoms with Gasteiger partial charge in [0.15, 0.2) is 5.65 Å². The summed E-state index contributed by atoms with van der Waals surface area (Å²) < 4.78 is 7.34. The van der Waals surface area contributed by atoms with E-state index < -0.39 is 0 Å². The number of carbonyl (C=O) groups excluding carboxylic acids is 1. The summed E-state index contributed by atoms with van der Waals surface area (Å²) in [5.74, 6) is 0.135. The minimum absolute atomic E-state index is 0.265. The molecule has 2 aromatic carbocycles. The van der Waals surface area contributed by atoms with Crippen molar-refractivity contribution in [2.45, 2.75) is 0 Å². The van der Waals surface area contributed by atoms with Gasteiger partial charge in [-0.15, -0.1) is 5.10 Å². The zero-order valence-corrected chi connectivity index (χ0v) is 18.3. The number of aromatic nitrogens is 5. The van der Waals surface area contributed by atoms with Crippen molar-refractivity contribution in [1.29, 1.82) is 5.26 Å². The molecule has 0 atom stereocenters. The van der Waals surface area contributed by atoms with Crippen molar-refractivity contribution in [1.82, 2.24) is 24.6 Å². The van der Waals surface area contributed by atoms with Crippen LogP contribution in [0.4, 0.5) is 11.7 Å². The molecule has 10 heteroatoms. The number of nitrogens with zero attached hydrogens (tertiary/aromatic N) is 7. The van der Waals surface area contributed by atoms with Gasteiger partial charge in [-0.05, 0) is 36.4 Å². The highest BCUT2D eigenvalue weighted by Gasteiger charge is 2.17. The lowest BCUT2D eigenvalue weighted by Crippen LogP contribution is -2.27. The largest absolute Gasteiger partial charge is 0.403 e. The summed E-state index contributed by atoms with van der Waals surface area (Å²) in [7, 11) is 3.38. The second-order valence-corrected chi connectivity index (χ2v) is 7.41. The van der Waals surface area contributed by atoms with Gasteiger partial charge in [-0.25, -0.2) is 9.97 Å². The van der Waals surface area contributed by atoms with Crippen molar-refractivity contribution in [2.24, 2.45) is 0 Å². The number of nitriles is 1. The lowest BCUT2D eigenvalue weighted by atomic mass is 10.1. The molecule has 0 spiro atoms. The van der Waals surface area contributed by atoms with E-state index in [0.717, 1.165) is 16.8 Å². The third-order valence-corrected chi connectivity index (χ3v) is 5.37. The van der Waals surface area contributed by atoms with Gasteiger partial charge in [0.2, 0.25) is 5.89 Å². The predicted molar refractivity (Wildman–Crippen MR) is 125 cm³/mol. The van der Waals surface area contributed by atoms with Crippen LogP contribution in [0.2, 0.25) is 0 Å². The second kappa shape index (κ2) is 8.48. The van der Waals surface area contributed by atoms with Crippen LogP contribution in [0.1, 0.15) is 16.1 Å². The molecule has 166 valence electrons. The van der Waals surface area contributed by atoms with Crippen LogP contribution in [-0.2, 0) is 0 Å². The molecule has 3 heterocycles. The molecule has 10 nitrogen and oxygen atoms in total. The van der Waals surface area contributed by atoms with Gasteiger partial charge in [-0.1, -0.05) is 17.2 Å². The molecule has 0 saturated heterocycles. The first-order valence-electron chi connectivity index (χ1n) is 10.3. The predicted octanol–water partition coefficient (Wildman–Crippen LogP) is 3.64. The summed E-state index contributed by atoms with van der Waals surface area (Å²) in [4.78, 5) is 23.3. The molecule has 0 aliphatic carbocycles. The number of hydrogen-bond acceptors (Lipinski definition) is 8. The standard InChI is InChI=1S/C24H18N8O2/c1-26-24-30-29-22(34-24)17-7-5-16(6-8-17)20-12-28-21-13-27-19(14-32(20)21)23(33)31(2)18-9-3-15(11-25)4-10-18/h3-10,12-14H,1-2H3,(H,26,30). The normalized spacial score (nSPS) is 10.7. The van der Waals surface area contributed by atoms with Crippen LogP contribution < -0.4 is 10.2 Å². The molecule has 0 saturated carbocycles. The van der Waals surface area contributed by atoms with Crippen molar-refractivity contribution >= 4 is 23.3 Å². The summed E-state index contributed by atoms with van der Waals surface area (Å²) in [5, 5.41) is 19.7. The maximum absolute atomic E-state index is 13.1. The molecule has 0 unspecified atom stereocenters. The van der Waals surface area contributed by atoms with Gasteiger partial charge in [0, 0.05) is 37.1 Å². The van der Waals surface area contributed by atoms with Gasteiger partial charge in [0.1, 0.15) is 5.69 Å². The molecule has 0 bridgehead atoms. The summed E-state index contributed by atoms with van der Waals surface area (Å²) in [6, 6.07) is 16.8. The van der Waals surface area contributed by atoms with E-state index in [2.05, 4.69) is 31.6 Å². The Bertz CT molecular complexity index is 1530. The van der Waals surface area contributed by atoms with Gasteiger partial charge < -0.3 is 14.6 Å². The number of amides is 1. The maximum Gasteiger partial charge on any atom is 0.315 e. The molecule has 0 aliphatic rings. The third-order valence-electron chi connectivity index (χ3n) is 5.37. The van der Waals surface area contributed by atoms with Gasteiger partial charge >= 0.3 is 6.01 Å². The quantitative estimate of drug-likeness (QED) is 0.430. The van der Waals surface area contributed by atoms with Crippen LogP contribution in [0, 0.1) is 11.3 Å². The molecule has 1 N–H and O–H groups in total. The fourth-order valence-electron chi connectivity index (χ4n) is 3.49. The molecule has 5 rings (SSSR count). The number of hydrogen-bond donors (Lipinski definition) is 1. The van der Waals surface area contributed by atoms with Crippen molar-refractivity contribution < 1.29 is 9.21 Å². The fraction of sp³-hybridized carbons (Fsp3) is 0.0833. The summed E-state index contributed by atoms with van der Waals surface area (Å²) in [5.41, 5.74) is 4.56. The molecule has 1 amide bonds. The first kappa shape index (κ1) is 20.8. The fourth-order valence-corrected chi connectivity index (χ4v) is 3.49. The summed E-state index contributed by atoms with van der Waals surface area (Å²) >= 11 is 0. The van der Waals surface area contributed by atoms with Crippen molar-refractivity contribution in [3.63, 3.8) is 0 Å². The molecular weight excluding hydrogens is 432 g/mol. The minimum Gasteiger partial charge on any atom is -0.403 e. The monoisotopic (exact) mass is 450 g/mol. The molecule has 34 heavy (non-hydrogen) atoms. The van der Waals surface area contributed by atoms with Crippen LogP contribution in [-0.4, -0.2) is 44.6 Å². The van der Waals surface area contributed by atoms with E-state index >= 15 is 0 Å². The first-order chi connectivity index (χ1) is 16.6. The second-order valence-electron chi connectivity index (χ2n) is 7.41. The van der Waals surface area contributed by atoms with Crippen LogP contribution in [0.3, 0.4) is 0 Å². The maximum atomic E-state index is 13.1. The molecule has 0 radical (unpaired) electrons. The lowest BCUT2D eigenvalue weighted by Gasteiger charge is -2.17. The molecule has 0 fully saturated rings. The highest BCUT2D eigenvalue weighted by molar-refractivity contribution is 6.04. The van der Waals surface area contributed by atoms with Crippen LogP contribution >= 0.6 is 0 Å². The number of nitrogens with one attached hydrogen (secondary N) is 1. The van der Waals surface area contributed by atoms with Gasteiger partial charge in [0.25, 0.3) is 5.91 Å². The van der Waals surface area contributed by atoms with E-state index in [1.807, 2.05) is 28.7 Å². The van der Waals surface area contributed by atoms with Crippen LogP contribution in [0.15, 0.2) is 71.5 Å². The zero-order chi connectivity index (χ0) is 23.7. The van der Waals surface area contributed by atoms with Crippen molar-refractivity contribution in [3.8, 4) is 28.8 Å². The summed E-state index contributed by atoms with van der Waals surface area (Å²) in [6.45, 7) is 0. The van der Waals surface area contributed by atoms with E-state index in [0.29, 0.717) is 28.8 Å². The zero-order valence-electron chi connectivity index (χ0n) is 18.3. The number of imidazole rings is 1. The Kier molecular flexibility index (Phi) is 5.20. The van der Waals surface area contributed by atoms with Crippen LogP contribution in [0.5, 0.6) is 0 Å². The Morgan fingerprint density at radius 1 is 1.03 bits per heavy atom. The molecular formula is C24H18N8O2. The van der Waals surface area contributed by atoms with E-state index in [1.54, 1.807) is 57.0 Å². The average molecular weight is 450 g/mol. The van der Waals surface area contributed by atoms with E-state index in [9.17, 15) is 4.79 Å². The number of carbonyl (C=O) groups is 1. The lowest BCUT2D eigenvalue weighted by molar-refractivity contribution is 0.0988. The third kappa shape index (κ3) is 3.71. The first-order valence-corrected chi connectivity index (χ1v) is 10.3. The minimum atomic E-state index is -0.279. The molecule has 0 aliphatic heterocycles. The highest BCUT2D eigenvalue weighted by Crippen LogP contribution is 2.26. The highest BCUT2D eigenvalue weighted by atomic mass is 16.4. The van der Waals surface area contributed by atoms with Gasteiger partial charge in [0.05, 0.1) is 29.7 Å². The Morgan fingerprint density at radius 3 is 2.44 bits per heavy atom. The average Bonchev–Trinajstić information content (AvgIpc) is 3.55. The Hall–Kier alpha value is -5.04. The number of rotatable bonds is 5. The van der Waals surface area contributed by atoms with Crippen molar-refractivity contribution in [2.75, 3.05) is 24.3 Å². The number of benzene rings is 2. The van der Waals surface area contributed by atoms with Crippen molar-refractivity contribution in [3.05, 3.63) is 78.4 Å². The summed E-state index contributed by atoms with van der Waals surface area (Å²) in [6.07, 6.45) is 4.97. The number of fused-ring (bicyclic) bond motifs is 1. The van der Waals surface area contributed by atoms with Gasteiger partial charge in [-0.3, -0.25) is 9.20 Å². The van der Waals surface area contributed by atoms with E-state index in [4.69, 9.17) is 9.68 Å². The Morgan fingerprint density at radius 2 is 1.76 bits per heavy atom. The SMILES string of the molecule is CNc1nnc(-c2ccc(-c3cnc4cnc(C(=O)N(C)c5ccc(C#N)cc5)cn34)cc2)o1. The number of anilines is 2. The van der Waals surface area contributed by atoms with Gasteiger partial charge in [-0.2, -0.15) is 5.26 Å². The smallest absolute Gasteiger partial charge is 0.315 e. The Balaban J connectivity index is 1.44. The van der Waals surface area contributed by atoms with Crippen LogP contribution in [0.25, 0.3) is 28.4 Å².